The summed E-state index contributed by atoms with van der Waals surface area (Å²) < 4.78 is 20.8. The summed E-state index contributed by atoms with van der Waals surface area (Å²) in [6.07, 6.45) is 3.24. The van der Waals surface area contributed by atoms with Gasteiger partial charge in [-0.25, -0.2) is 9.37 Å². The maximum atomic E-state index is 13.1. The highest BCUT2D eigenvalue weighted by Gasteiger charge is 2.27. The molecule has 152 valence electrons. The van der Waals surface area contributed by atoms with Crippen LogP contribution in [0.3, 0.4) is 0 Å². The Morgan fingerprint density at radius 3 is 2.63 bits per heavy atom. The van der Waals surface area contributed by atoms with Crippen LogP contribution in [0.4, 0.5) is 4.39 Å². The van der Waals surface area contributed by atoms with E-state index in [1.807, 2.05) is 33.7 Å². The Hall–Kier alpha value is -3.55. The van der Waals surface area contributed by atoms with Crippen molar-refractivity contribution in [3.8, 4) is 11.5 Å². The van der Waals surface area contributed by atoms with Crippen molar-refractivity contribution in [1.29, 1.82) is 0 Å². The minimum absolute atomic E-state index is 0.0779. The zero-order valence-corrected chi connectivity index (χ0v) is 16.2. The number of piperidine rings is 1. The number of nitrogens with zero attached hydrogens (tertiary/aromatic N) is 5. The van der Waals surface area contributed by atoms with Crippen LogP contribution in [-0.2, 0) is 11.3 Å². The molecule has 0 saturated carbocycles. The van der Waals surface area contributed by atoms with E-state index in [0.29, 0.717) is 30.4 Å². The number of halogens is 1. The molecule has 1 aliphatic heterocycles. The van der Waals surface area contributed by atoms with Crippen molar-refractivity contribution in [3.63, 3.8) is 0 Å². The lowest BCUT2D eigenvalue weighted by Crippen LogP contribution is -2.39. The fourth-order valence-electron chi connectivity index (χ4n) is 3.87. The van der Waals surface area contributed by atoms with E-state index >= 15 is 0 Å². The van der Waals surface area contributed by atoms with Crippen LogP contribution in [0.1, 0.15) is 24.7 Å². The van der Waals surface area contributed by atoms with Crippen molar-refractivity contribution in [2.45, 2.75) is 25.3 Å². The second kappa shape index (κ2) is 7.70. The Kier molecular flexibility index (Phi) is 4.74. The number of likely N-dealkylation sites (tertiary alicyclic amines) is 1. The molecule has 1 fully saturated rings. The number of carbonyl (C=O) groups excluding carboxylic acids is 1. The zero-order valence-electron chi connectivity index (χ0n) is 16.2. The molecule has 8 heteroatoms. The first kappa shape index (κ1) is 18.5. The second-order valence-corrected chi connectivity index (χ2v) is 7.47. The number of aromatic nitrogens is 4. The van der Waals surface area contributed by atoms with Crippen molar-refractivity contribution in [1.82, 2.24) is 24.6 Å². The highest BCUT2D eigenvalue weighted by Crippen LogP contribution is 2.29. The average Bonchev–Trinajstić information content (AvgIpc) is 3.42. The van der Waals surface area contributed by atoms with Crippen molar-refractivity contribution in [3.05, 3.63) is 66.6 Å². The number of hydrogen-bond donors (Lipinski definition) is 0. The van der Waals surface area contributed by atoms with Crippen molar-refractivity contribution in [2.24, 2.45) is 0 Å². The molecule has 3 heterocycles. The number of carbonyl (C=O) groups is 1. The molecule has 0 unspecified atom stereocenters. The number of para-hydroxylation sites is 2. The van der Waals surface area contributed by atoms with Crippen LogP contribution < -0.4 is 0 Å². The van der Waals surface area contributed by atoms with Crippen LogP contribution >= 0.6 is 0 Å². The van der Waals surface area contributed by atoms with Gasteiger partial charge in [-0.3, -0.25) is 4.79 Å². The van der Waals surface area contributed by atoms with Gasteiger partial charge in [0.2, 0.25) is 17.7 Å². The topological polar surface area (TPSA) is 77.1 Å². The van der Waals surface area contributed by atoms with Gasteiger partial charge < -0.3 is 13.9 Å². The van der Waals surface area contributed by atoms with Crippen molar-refractivity contribution in [2.75, 3.05) is 13.1 Å². The summed E-state index contributed by atoms with van der Waals surface area (Å²) in [7, 11) is 0. The average molecular weight is 405 g/mol. The summed E-state index contributed by atoms with van der Waals surface area (Å²) in [6.45, 7) is 1.56. The zero-order chi connectivity index (χ0) is 20.5. The monoisotopic (exact) mass is 405 g/mol. The predicted molar refractivity (Wildman–Crippen MR) is 108 cm³/mol. The fourth-order valence-corrected chi connectivity index (χ4v) is 3.87. The number of benzene rings is 2. The van der Waals surface area contributed by atoms with Gasteiger partial charge in [-0.15, -0.1) is 10.2 Å². The lowest BCUT2D eigenvalue weighted by molar-refractivity contribution is -0.132. The third-order valence-electron chi connectivity index (χ3n) is 5.56. The Labute approximate surface area is 172 Å². The van der Waals surface area contributed by atoms with Crippen molar-refractivity contribution < 1.29 is 13.6 Å². The van der Waals surface area contributed by atoms with E-state index in [9.17, 15) is 9.18 Å². The first-order chi connectivity index (χ1) is 14.7. The molecule has 7 nitrogen and oxygen atoms in total. The summed E-state index contributed by atoms with van der Waals surface area (Å²) in [5.74, 6) is 0.843. The molecule has 0 radical (unpaired) electrons. The summed E-state index contributed by atoms with van der Waals surface area (Å²) in [5.41, 5.74) is 2.53. The molecular weight excluding hydrogens is 385 g/mol. The number of amides is 1. The molecule has 4 aromatic rings. The molecule has 0 aliphatic carbocycles. The Morgan fingerprint density at radius 1 is 1.07 bits per heavy atom. The molecule has 5 rings (SSSR count). The number of fused-ring (bicyclic) bond motifs is 1. The molecule has 0 spiro atoms. The van der Waals surface area contributed by atoms with Crippen LogP contribution in [0.2, 0.25) is 0 Å². The van der Waals surface area contributed by atoms with E-state index in [-0.39, 0.29) is 24.2 Å². The Bertz CT molecular complexity index is 1180. The first-order valence-corrected chi connectivity index (χ1v) is 9.94. The normalized spacial score (nSPS) is 15.0. The molecule has 2 aromatic carbocycles. The van der Waals surface area contributed by atoms with E-state index in [1.54, 1.807) is 18.5 Å². The maximum absolute atomic E-state index is 13.1. The first-order valence-electron chi connectivity index (χ1n) is 9.94. The van der Waals surface area contributed by atoms with E-state index < -0.39 is 0 Å². The molecule has 1 saturated heterocycles. The molecule has 0 atom stereocenters. The molecule has 0 N–H and O–H groups in total. The number of hydrogen-bond acceptors (Lipinski definition) is 5. The van der Waals surface area contributed by atoms with Gasteiger partial charge in [0.25, 0.3) is 0 Å². The molecule has 30 heavy (non-hydrogen) atoms. The largest absolute Gasteiger partial charge is 0.420 e. The summed E-state index contributed by atoms with van der Waals surface area (Å²) in [6, 6.07) is 13.8. The highest BCUT2D eigenvalue weighted by molar-refractivity contribution is 5.80. The summed E-state index contributed by atoms with van der Waals surface area (Å²) in [5, 5.41) is 8.27. The second-order valence-electron chi connectivity index (χ2n) is 7.47. The van der Waals surface area contributed by atoms with Gasteiger partial charge in [0.1, 0.15) is 12.4 Å². The van der Waals surface area contributed by atoms with Gasteiger partial charge in [-0.05, 0) is 49.2 Å². The molecule has 1 amide bonds. The quantitative estimate of drug-likeness (QED) is 0.518. The van der Waals surface area contributed by atoms with E-state index in [4.69, 9.17) is 4.42 Å². The molecular formula is C22H20FN5O2. The summed E-state index contributed by atoms with van der Waals surface area (Å²) in [4.78, 5) is 19.0. The van der Waals surface area contributed by atoms with Gasteiger partial charge in [0, 0.05) is 24.6 Å². The predicted octanol–water partition coefficient (Wildman–Crippen LogP) is 3.63. The van der Waals surface area contributed by atoms with Crippen LogP contribution in [0.5, 0.6) is 0 Å². The highest BCUT2D eigenvalue weighted by atomic mass is 19.1. The minimum atomic E-state index is -0.306. The summed E-state index contributed by atoms with van der Waals surface area (Å²) >= 11 is 0. The van der Waals surface area contributed by atoms with Crippen LogP contribution in [-0.4, -0.2) is 43.6 Å². The fraction of sp³-hybridized carbons (Fsp3) is 0.273. The number of imidazole rings is 1. The van der Waals surface area contributed by atoms with E-state index in [0.717, 1.165) is 23.9 Å². The number of rotatable bonds is 4. The van der Waals surface area contributed by atoms with E-state index in [1.165, 1.54) is 12.1 Å². The standard InChI is InChI=1S/C22H20FN5O2/c23-17-7-5-15(6-8-17)21-25-26-22(30-21)16-9-11-27(12-10-16)20(29)13-28-14-24-18-3-1-2-4-19(18)28/h1-8,14,16H,9-13H2. The third-order valence-corrected chi connectivity index (χ3v) is 5.56. The minimum Gasteiger partial charge on any atom is -0.420 e. The SMILES string of the molecule is O=C(Cn1cnc2ccccc21)N1CCC(c2nnc(-c3ccc(F)cc3)o2)CC1. The molecule has 1 aliphatic rings. The smallest absolute Gasteiger partial charge is 0.247 e. The lowest BCUT2D eigenvalue weighted by Gasteiger charge is -2.30. The maximum Gasteiger partial charge on any atom is 0.247 e. The van der Waals surface area contributed by atoms with Crippen molar-refractivity contribution >= 4 is 16.9 Å². The van der Waals surface area contributed by atoms with Gasteiger partial charge in [0.05, 0.1) is 17.4 Å². The van der Waals surface area contributed by atoms with Crippen LogP contribution in [0.25, 0.3) is 22.5 Å². The Morgan fingerprint density at radius 2 is 1.83 bits per heavy atom. The molecule has 0 bridgehead atoms. The lowest BCUT2D eigenvalue weighted by atomic mass is 9.97. The van der Waals surface area contributed by atoms with Gasteiger partial charge in [0.15, 0.2) is 0 Å². The van der Waals surface area contributed by atoms with Crippen LogP contribution in [0.15, 0.2) is 59.3 Å². The Balaban J connectivity index is 1.21. The van der Waals surface area contributed by atoms with E-state index in [2.05, 4.69) is 15.2 Å². The van der Waals surface area contributed by atoms with Gasteiger partial charge >= 0.3 is 0 Å². The van der Waals surface area contributed by atoms with Gasteiger partial charge in [-0.1, -0.05) is 12.1 Å². The molecule has 2 aromatic heterocycles. The van der Waals surface area contributed by atoms with Gasteiger partial charge in [-0.2, -0.15) is 0 Å². The van der Waals surface area contributed by atoms with Crippen LogP contribution in [0, 0.1) is 5.82 Å². The third kappa shape index (κ3) is 3.56.